The molecule has 3 unspecified atom stereocenters. The number of fused-ring (bicyclic) bond motifs is 4. The predicted octanol–water partition coefficient (Wildman–Crippen LogP) is 5.71. The van der Waals surface area contributed by atoms with Crippen LogP contribution in [-0.2, 0) is 10.0 Å². The summed E-state index contributed by atoms with van der Waals surface area (Å²) in [7, 11) is -1.79. The Morgan fingerprint density at radius 2 is 1.85 bits per heavy atom. The average molecular weight is 463 g/mol. The van der Waals surface area contributed by atoms with Crippen molar-refractivity contribution in [3.63, 3.8) is 0 Å². The van der Waals surface area contributed by atoms with E-state index in [4.69, 9.17) is 4.74 Å². The molecule has 3 atom stereocenters. The number of hydrogen-bond donors (Lipinski definition) is 1. The van der Waals surface area contributed by atoms with Crippen LogP contribution >= 0.6 is 0 Å². The summed E-state index contributed by atoms with van der Waals surface area (Å²) in [6, 6.07) is 18.1. The van der Waals surface area contributed by atoms with E-state index in [9.17, 15) is 8.42 Å². The van der Waals surface area contributed by atoms with Gasteiger partial charge in [0.05, 0.1) is 18.0 Å². The van der Waals surface area contributed by atoms with Gasteiger partial charge in [-0.25, -0.2) is 8.42 Å². The van der Waals surface area contributed by atoms with E-state index in [0.29, 0.717) is 18.0 Å². The maximum absolute atomic E-state index is 13.2. The molecule has 1 aliphatic heterocycles. The molecule has 0 amide bonds. The van der Waals surface area contributed by atoms with Gasteiger partial charge < -0.3 is 10.1 Å². The van der Waals surface area contributed by atoms with Gasteiger partial charge in [-0.1, -0.05) is 56.3 Å². The summed E-state index contributed by atoms with van der Waals surface area (Å²) in [5.41, 5.74) is 3.21. The van der Waals surface area contributed by atoms with Crippen molar-refractivity contribution in [2.24, 2.45) is 5.92 Å². The first-order chi connectivity index (χ1) is 16.0. The zero-order chi connectivity index (χ0) is 23.2. The van der Waals surface area contributed by atoms with Crippen LogP contribution in [0.1, 0.15) is 43.4 Å². The summed E-state index contributed by atoms with van der Waals surface area (Å²) in [4.78, 5) is 0.368. The Morgan fingerprint density at radius 3 is 2.61 bits per heavy atom. The van der Waals surface area contributed by atoms with Gasteiger partial charge in [0.15, 0.2) is 0 Å². The molecular formula is C27H30N2O3S. The van der Waals surface area contributed by atoms with Gasteiger partial charge >= 0.3 is 0 Å². The summed E-state index contributed by atoms with van der Waals surface area (Å²) in [5.74, 6) is 1.31. The van der Waals surface area contributed by atoms with E-state index < -0.39 is 10.0 Å². The molecule has 172 valence electrons. The number of sulfonamides is 1. The van der Waals surface area contributed by atoms with Crippen molar-refractivity contribution < 1.29 is 13.2 Å². The van der Waals surface area contributed by atoms with Crippen LogP contribution in [0.2, 0.25) is 0 Å². The SMILES string of the molecule is CCN(CC)S(=O)(=O)c1ccc2c(c1)C1C=CCC1C(c1c(OC)ccc3ccccc13)N2. The van der Waals surface area contributed by atoms with Crippen molar-refractivity contribution >= 4 is 26.5 Å². The van der Waals surface area contributed by atoms with Gasteiger partial charge in [-0.15, -0.1) is 0 Å². The van der Waals surface area contributed by atoms with Crippen LogP contribution in [0.5, 0.6) is 5.75 Å². The van der Waals surface area contributed by atoms with Crippen LogP contribution in [0.25, 0.3) is 10.8 Å². The Labute approximate surface area is 196 Å². The quantitative estimate of drug-likeness (QED) is 0.477. The Bertz CT molecular complexity index is 1330. The molecule has 3 aromatic carbocycles. The smallest absolute Gasteiger partial charge is 0.243 e. The minimum atomic E-state index is -3.51. The minimum Gasteiger partial charge on any atom is -0.496 e. The van der Waals surface area contributed by atoms with E-state index in [1.165, 1.54) is 20.6 Å². The molecule has 0 fully saturated rings. The first-order valence-electron chi connectivity index (χ1n) is 11.6. The van der Waals surface area contributed by atoms with E-state index >= 15 is 0 Å². The molecule has 0 aromatic heterocycles. The third-order valence-electron chi connectivity index (χ3n) is 7.14. The van der Waals surface area contributed by atoms with Gasteiger partial charge in [-0.2, -0.15) is 4.31 Å². The minimum absolute atomic E-state index is 0.0591. The number of nitrogens with zero attached hydrogens (tertiary/aromatic N) is 1. The van der Waals surface area contributed by atoms with Crippen LogP contribution in [0.4, 0.5) is 5.69 Å². The van der Waals surface area contributed by atoms with Gasteiger partial charge in [0.1, 0.15) is 5.75 Å². The van der Waals surface area contributed by atoms with E-state index in [2.05, 4.69) is 47.8 Å². The van der Waals surface area contributed by atoms with Crippen molar-refractivity contribution in [1.29, 1.82) is 0 Å². The molecule has 1 heterocycles. The highest BCUT2D eigenvalue weighted by atomic mass is 32.2. The standard InChI is InChI=1S/C27H30N2O3S/c1-4-29(5-2)33(30,31)19-14-15-24-23(17-19)21-11-8-12-22(21)27(28-24)26-20-10-7-6-9-18(20)13-16-25(26)32-3/h6-11,13-17,21-22,27-28H,4-5,12H2,1-3H3. The highest BCUT2D eigenvalue weighted by Gasteiger charge is 2.40. The van der Waals surface area contributed by atoms with Gasteiger partial charge in [0.25, 0.3) is 0 Å². The molecule has 0 bridgehead atoms. The fourth-order valence-electron chi connectivity index (χ4n) is 5.51. The average Bonchev–Trinajstić information content (AvgIpc) is 3.33. The Hall–Kier alpha value is -2.83. The summed E-state index contributed by atoms with van der Waals surface area (Å²) in [5, 5.41) is 6.13. The van der Waals surface area contributed by atoms with E-state index in [1.807, 2.05) is 32.0 Å². The maximum atomic E-state index is 13.2. The molecule has 3 aromatic rings. The lowest BCUT2D eigenvalue weighted by atomic mass is 9.76. The molecule has 6 heteroatoms. The van der Waals surface area contributed by atoms with Crippen LogP contribution in [-0.4, -0.2) is 32.9 Å². The molecule has 33 heavy (non-hydrogen) atoms. The maximum Gasteiger partial charge on any atom is 0.243 e. The topological polar surface area (TPSA) is 58.6 Å². The lowest BCUT2D eigenvalue weighted by molar-refractivity contribution is 0.383. The van der Waals surface area contributed by atoms with Crippen LogP contribution < -0.4 is 10.1 Å². The van der Waals surface area contributed by atoms with Gasteiger partial charge in [0.2, 0.25) is 10.0 Å². The van der Waals surface area contributed by atoms with Gasteiger partial charge in [0, 0.05) is 30.3 Å². The molecular weight excluding hydrogens is 432 g/mol. The van der Waals surface area contributed by atoms with E-state index in [0.717, 1.165) is 23.4 Å². The molecule has 2 aliphatic rings. The zero-order valence-electron chi connectivity index (χ0n) is 19.3. The lowest BCUT2D eigenvalue weighted by Gasteiger charge is -2.38. The molecule has 0 saturated heterocycles. The van der Waals surface area contributed by atoms with Crippen molar-refractivity contribution in [1.82, 2.24) is 4.31 Å². The largest absolute Gasteiger partial charge is 0.496 e. The number of ether oxygens (including phenoxy) is 1. The second-order valence-corrected chi connectivity index (χ2v) is 10.7. The summed E-state index contributed by atoms with van der Waals surface area (Å²) < 4.78 is 33.6. The normalized spacial score (nSPS) is 21.6. The fraction of sp³-hybridized carbons (Fsp3) is 0.333. The molecule has 5 rings (SSSR count). The third kappa shape index (κ3) is 3.52. The van der Waals surface area contributed by atoms with Crippen molar-refractivity contribution in [3.8, 4) is 5.75 Å². The van der Waals surface area contributed by atoms with E-state index in [1.54, 1.807) is 13.2 Å². The number of benzene rings is 3. The van der Waals surface area contributed by atoms with Gasteiger partial charge in [-0.3, -0.25) is 0 Å². The fourth-order valence-corrected chi connectivity index (χ4v) is 7.00. The molecule has 1 N–H and O–H groups in total. The Kier molecular flexibility index (Phi) is 5.67. The number of nitrogens with one attached hydrogen (secondary N) is 1. The zero-order valence-corrected chi connectivity index (χ0v) is 20.1. The number of allylic oxidation sites excluding steroid dienone is 2. The summed E-state index contributed by atoms with van der Waals surface area (Å²) in [6.45, 7) is 4.67. The van der Waals surface area contributed by atoms with Crippen molar-refractivity contribution in [2.75, 3.05) is 25.5 Å². The van der Waals surface area contributed by atoms with Crippen LogP contribution in [0, 0.1) is 5.92 Å². The summed E-state index contributed by atoms with van der Waals surface area (Å²) >= 11 is 0. The number of hydrogen-bond acceptors (Lipinski definition) is 4. The molecule has 5 nitrogen and oxygen atoms in total. The Balaban J connectivity index is 1.63. The monoisotopic (exact) mass is 462 g/mol. The highest BCUT2D eigenvalue weighted by molar-refractivity contribution is 7.89. The van der Waals surface area contributed by atoms with Crippen LogP contribution in [0.3, 0.4) is 0 Å². The third-order valence-corrected chi connectivity index (χ3v) is 9.18. The van der Waals surface area contributed by atoms with Crippen LogP contribution in [0.15, 0.2) is 71.6 Å². The predicted molar refractivity (Wildman–Crippen MR) is 133 cm³/mol. The second kappa shape index (κ2) is 8.50. The summed E-state index contributed by atoms with van der Waals surface area (Å²) in [6.07, 6.45) is 5.40. The molecule has 0 radical (unpaired) electrons. The second-order valence-electron chi connectivity index (χ2n) is 8.72. The first-order valence-corrected chi connectivity index (χ1v) is 13.1. The lowest BCUT2D eigenvalue weighted by Crippen LogP contribution is -2.32. The number of rotatable bonds is 6. The van der Waals surface area contributed by atoms with Crippen molar-refractivity contribution in [2.45, 2.75) is 37.1 Å². The molecule has 1 aliphatic carbocycles. The first kappa shape index (κ1) is 22.0. The highest BCUT2D eigenvalue weighted by Crippen LogP contribution is 2.52. The molecule has 0 spiro atoms. The molecule has 0 saturated carbocycles. The number of anilines is 1. The van der Waals surface area contributed by atoms with Gasteiger partial charge in [-0.05, 0) is 52.9 Å². The van der Waals surface area contributed by atoms with Crippen molar-refractivity contribution in [3.05, 3.63) is 77.9 Å². The number of methoxy groups -OCH3 is 1. The Morgan fingerprint density at radius 1 is 1.06 bits per heavy atom. The van der Waals surface area contributed by atoms with E-state index in [-0.39, 0.29) is 17.9 Å².